The van der Waals surface area contributed by atoms with E-state index in [4.69, 9.17) is 14.2 Å². The van der Waals surface area contributed by atoms with Gasteiger partial charge in [-0.2, -0.15) is 0 Å². The van der Waals surface area contributed by atoms with E-state index in [1.807, 2.05) is 0 Å². The van der Waals surface area contributed by atoms with E-state index >= 15 is 0 Å². The maximum absolute atomic E-state index is 12.9. The van der Waals surface area contributed by atoms with E-state index in [1.54, 1.807) is 0 Å². The third-order valence-corrected chi connectivity index (χ3v) is 12.9. The topological polar surface area (TPSA) is 78.9 Å². The van der Waals surface area contributed by atoms with Gasteiger partial charge in [0.15, 0.2) is 6.10 Å². The predicted molar refractivity (Wildman–Crippen MR) is 329 cm³/mol. The quantitative estimate of drug-likeness (QED) is 0.0261. The molecule has 0 heterocycles. The molecule has 1 atom stereocenters. The van der Waals surface area contributed by atoms with E-state index in [9.17, 15) is 14.4 Å². The highest BCUT2D eigenvalue weighted by atomic mass is 16.6. The summed E-state index contributed by atoms with van der Waals surface area (Å²) in [7, 11) is 0. The van der Waals surface area contributed by atoms with Crippen LogP contribution in [0, 0.1) is 0 Å². The third kappa shape index (κ3) is 60.4. The molecule has 76 heavy (non-hydrogen) atoms. The van der Waals surface area contributed by atoms with E-state index in [0.29, 0.717) is 19.3 Å². The molecule has 0 aromatic rings. The van der Waals surface area contributed by atoms with Crippen LogP contribution in [0.15, 0.2) is 134 Å². The molecular formula is C70H114O6. The minimum absolute atomic E-state index is 0.105. The SMILES string of the molecule is CC/C=C\C/C=C\C/C=C\C/C=C\C/C=C\C/C=C\CCCCCCC(=O)OCC(COC(=O)CCCCCC/C=C\C/C=C\C/C=C\C/C=C\CC)OC(=O)CCCCCCCCC/C=C\CCCCCCCCC. The van der Waals surface area contributed by atoms with Gasteiger partial charge in [-0.3, -0.25) is 14.4 Å². The van der Waals surface area contributed by atoms with Crippen LogP contribution in [-0.2, 0) is 28.6 Å². The first kappa shape index (κ1) is 71.5. The fourth-order valence-electron chi connectivity index (χ4n) is 8.25. The number of ether oxygens (including phenoxy) is 3. The van der Waals surface area contributed by atoms with Gasteiger partial charge in [-0.25, -0.2) is 0 Å². The lowest BCUT2D eigenvalue weighted by Gasteiger charge is -2.18. The number of unbranched alkanes of at least 4 members (excludes halogenated alkanes) is 22. The van der Waals surface area contributed by atoms with E-state index in [0.717, 1.165) is 148 Å². The Balaban J connectivity index is 4.49. The molecule has 6 heteroatoms. The molecule has 1 unspecified atom stereocenters. The van der Waals surface area contributed by atoms with Crippen LogP contribution in [0.1, 0.15) is 271 Å². The number of carbonyl (C=O) groups excluding carboxylic acids is 3. The third-order valence-electron chi connectivity index (χ3n) is 12.9. The van der Waals surface area contributed by atoms with Gasteiger partial charge in [0.1, 0.15) is 13.2 Å². The molecule has 0 saturated carbocycles. The Morgan fingerprint density at radius 3 is 0.816 bits per heavy atom. The summed E-state index contributed by atoms with van der Waals surface area (Å²) in [5.74, 6) is -0.954. The molecule has 0 N–H and O–H groups in total. The molecule has 0 bridgehead atoms. The van der Waals surface area contributed by atoms with Crippen LogP contribution in [0.2, 0.25) is 0 Å². The largest absolute Gasteiger partial charge is 0.462 e. The van der Waals surface area contributed by atoms with Gasteiger partial charge in [0, 0.05) is 19.3 Å². The Labute approximate surface area is 468 Å². The number of allylic oxidation sites excluding steroid dienone is 22. The number of carbonyl (C=O) groups is 3. The van der Waals surface area contributed by atoms with E-state index in [2.05, 4.69) is 154 Å². The van der Waals surface area contributed by atoms with Gasteiger partial charge in [-0.05, 0) is 135 Å². The van der Waals surface area contributed by atoms with Crippen molar-refractivity contribution in [3.63, 3.8) is 0 Å². The van der Waals surface area contributed by atoms with Crippen LogP contribution < -0.4 is 0 Å². The molecule has 430 valence electrons. The van der Waals surface area contributed by atoms with E-state index < -0.39 is 6.10 Å². The molecule has 0 radical (unpaired) electrons. The summed E-state index contributed by atoms with van der Waals surface area (Å²) < 4.78 is 16.9. The zero-order valence-corrected chi connectivity index (χ0v) is 49.2. The standard InChI is InChI=1S/C70H114O6/c1-4-7-10-13-16-19-22-25-28-31-33-34-35-36-37-40-42-45-48-51-54-57-60-63-69(72)75-66-67(65-74-68(71)62-59-56-53-50-47-44-41-38-30-27-24-21-18-15-12-9-6-3)76-70(73)64-61-58-55-52-49-46-43-39-32-29-26-23-20-17-14-11-8-5-2/h7,9-10,12,16,18-19,21,25,27-30,32-34,36-37,41-42,44-45,67H,4-6,8,11,13-15,17,20,22-24,26,31,35,38-40,43,46-66H2,1-3H3/b10-7-,12-9-,19-16-,21-18-,28-25-,30-27-,32-29-,34-33-,37-36-,44-41-,45-42-. The van der Waals surface area contributed by atoms with Crippen molar-refractivity contribution in [1.82, 2.24) is 0 Å². The van der Waals surface area contributed by atoms with Crippen LogP contribution in [0.5, 0.6) is 0 Å². The Kier molecular flexibility index (Phi) is 59.4. The van der Waals surface area contributed by atoms with Gasteiger partial charge in [0.25, 0.3) is 0 Å². The van der Waals surface area contributed by atoms with Crippen molar-refractivity contribution in [3.05, 3.63) is 134 Å². The summed E-state index contributed by atoms with van der Waals surface area (Å²) >= 11 is 0. The van der Waals surface area contributed by atoms with E-state index in [-0.39, 0.29) is 31.1 Å². The van der Waals surface area contributed by atoms with Crippen LogP contribution in [0.25, 0.3) is 0 Å². The lowest BCUT2D eigenvalue weighted by Crippen LogP contribution is -2.30. The first-order valence-electron chi connectivity index (χ1n) is 31.2. The second-order valence-electron chi connectivity index (χ2n) is 20.2. The molecule has 0 amide bonds. The number of hydrogen-bond acceptors (Lipinski definition) is 6. The van der Waals surface area contributed by atoms with Crippen molar-refractivity contribution in [3.8, 4) is 0 Å². The first-order chi connectivity index (χ1) is 37.5. The van der Waals surface area contributed by atoms with Gasteiger partial charge in [-0.15, -0.1) is 0 Å². The minimum Gasteiger partial charge on any atom is -0.462 e. The number of hydrogen-bond donors (Lipinski definition) is 0. The Morgan fingerprint density at radius 2 is 0.513 bits per heavy atom. The average Bonchev–Trinajstić information content (AvgIpc) is 3.42. The average molecular weight is 1050 g/mol. The summed E-state index contributed by atoms with van der Waals surface area (Å²) in [5, 5.41) is 0. The Morgan fingerprint density at radius 1 is 0.276 bits per heavy atom. The second kappa shape index (κ2) is 63.1. The fraction of sp³-hybridized carbons (Fsp3) is 0.643. The van der Waals surface area contributed by atoms with Crippen molar-refractivity contribution in [2.24, 2.45) is 0 Å². The normalized spacial score (nSPS) is 13.0. The van der Waals surface area contributed by atoms with Crippen molar-refractivity contribution in [2.45, 2.75) is 277 Å². The summed E-state index contributed by atoms with van der Waals surface area (Å²) in [5.41, 5.74) is 0. The van der Waals surface area contributed by atoms with Crippen molar-refractivity contribution < 1.29 is 28.6 Å². The van der Waals surface area contributed by atoms with Gasteiger partial charge in [0.2, 0.25) is 0 Å². The molecule has 6 nitrogen and oxygen atoms in total. The monoisotopic (exact) mass is 1050 g/mol. The highest BCUT2D eigenvalue weighted by Gasteiger charge is 2.19. The van der Waals surface area contributed by atoms with Gasteiger partial charge in [0.05, 0.1) is 0 Å². The van der Waals surface area contributed by atoms with Crippen molar-refractivity contribution in [2.75, 3.05) is 13.2 Å². The Bertz CT molecular complexity index is 1630. The zero-order chi connectivity index (χ0) is 55.0. The molecule has 0 spiro atoms. The van der Waals surface area contributed by atoms with Crippen LogP contribution in [-0.4, -0.2) is 37.2 Å². The molecule has 0 aliphatic heterocycles. The second-order valence-corrected chi connectivity index (χ2v) is 20.2. The van der Waals surface area contributed by atoms with Crippen LogP contribution in [0.4, 0.5) is 0 Å². The number of esters is 3. The molecule has 0 aliphatic carbocycles. The van der Waals surface area contributed by atoms with E-state index in [1.165, 1.54) is 83.5 Å². The number of rotatable bonds is 55. The van der Waals surface area contributed by atoms with Gasteiger partial charge < -0.3 is 14.2 Å². The maximum atomic E-state index is 12.9. The molecule has 0 rings (SSSR count). The maximum Gasteiger partial charge on any atom is 0.306 e. The lowest BCUT2D eigenvalue weighted by molar-refractivity contribution is -0.167. The highest BCUT2D eigenvalue weighted by Crippen LogP contribution is 2.14. The van der Waals surface area contributed by atoms with Crippen molar-refractivity contribution >= 4 is 17.9 Å². The molecule has 0 saturated heterocycles. The minimum atomic E-state index is -0.808. The molecular weight excluding hydrogens is 937 g/mol. The Hall–Kier alpha value is -4.45. The van der Waals surface area contributed by atoms with Gasteiger partial charge in [-0.1, -0.05) is 251 Å². The highest BCUT2D eigenvalue weighted by molar-refractivity contribution is 5.71. The first-order valence-corrected chi connectivity index (χ1v) is 31.2. The van der Waals surface area contributed by atoms with Crippen LogP contribution >= 0.6 is 0 Å². The lowest BCUT2D eigenvalue weighted by atomic mass is 10.1. The van der Waals surface area contributed by atoms with Crippen molar-refractivity contribution in [1.29, 1.82) is 0 Å². The molecule has 0 fully saturated rings. The van der Waals surface area contributed by atoms with Crippen LogP contribution in [0.3, 0.4) is 0 Å². The fourth-order valence-corrected chi connectivity index (χ4v) is 8.25. The molecule has 0 aromatic heterocycles. The molecule has 0 aromatic carbocycles. The zero-order valence-electron chi connectivity index (χ0n) is 49.2. The molecule has 0 aliphatic rings. The summed E-state index contributed by atoms with van der Waals surface area (Å²) in [6.07, 6.45) is 88.7. The summed E-state index contributed by atoms with van der Waals surface area (Å²) in [6.45, 7) is 6.37. The smallest absolute Gasteiger partial charge is 0.306 e. The van der Waals surface area contributed by atoms with Gasteiger partial charge >= 0.3 is 17.9 Å². The summed E-state index contributed by atoms with van der Waals surface area (Å²) in [6, 6.07) is 0. The predicted octanol–water partition coefficient (Wildman–Crippen LogP) is 21.4. The summed E-state index contributed by atoms with van der Waals surface area (Å²) in [4.78, 5) is 38.3.